The zero-order valence-electron chi connectivity index (χ0n) is 11.7. The van der Waals surface area contributed by atoms with Crippen molar-refractivity contribution in [2.45, 2.75) is 19.8 Å². The third-order valence-corrected chi connectivity index (χ3v) is 3.31. The smallest absolute Gasteiger partial charge is 0.305 e. The second-order valence-corrected chi connectivity index (χ2v) is 4.94. The van der Waals surface area contributed by atoms with Crippen molar-refractivity contribution in [2.75, 3.05) is 14.2 Å². The summed E-state index contributed by atoms with van der Waals surface area (Å²) in [4.78, 5) is 15.8. The standard InChI is InChI=1S/C15H16ClNO3/c1-9-6-13(19-2)12-8-11(16)7-10(15(12)17-9)4-5-14(18)20-3/h6-8H,4-5H2,1-3H3. The molecule has 0 spiro atoms. The minimum absolute atomic E-state index is 0.252. The summed E-state index contributed by atoms with van der Waals surface area (Å²) in [7, 11) is 2.99. The van der Waals surface area contributed by atoms with Crippen LogP contribution >= 0.6 is 11.6 Å². The highest BCUT2D eigenvalue weighted by molar-refractivity contribution is 6.31. The summed E-state index contributed by atoms with van der Waals surface area (Å²) in [5, 5.41) is 1.45. The van der Waals surface area contributed by atoms with E-state index in [0.717, 1.165) is 27.9 Å². The summed E-state index contributed by atoms with van der Waals surface area (Å²) in [6.07, 6.45) is 0.827. The molecule has 2 rings (SSSR count). The van der Waals surface area contributed by atoms with Crippen LogP contribution in [0.4, 0.5) is 0 Å². The molecule has 5 heteroatoms. The van der Waals surface area contributed by atoms with Gasteiger partial charge in [-0.2, -0.15) is 0 Å². The van der Waals surface area contributed by atoms with Crippen molar-refractivity contribution in [3.8, 4) is 5.75 Å². The first-order valence-electron chi connectivity index (χ1n) is 6.25. The number of aromatic nitrogens is 1. The van der Waals surface area contributed by atoms with Crippen LogP contribution in [0.15, 0.2) is 18.2 Å². The van der Waals surface area contributed by atoms with Gasteiger partial charge in [-0.05, 0) is 31.0 Å². The molecule has 0 radical (unpaired) electrons. The van der Waals surface area contributed by atoms with Gasteiger partial charge in [-0.1, -0.05) is 11.6 Å². The van der Waals surface area contributed by atoms with Gasteiger partial charge in [-0.15, -0.1) is 0 Å². The molecule has 0 amide bonds. The van der Waals surface area contributed by atoms with E-state index in [-0.39, 0.29) is 5.97 Å². The van der Waals surface area contributed by atoms with Gasteiger partial charge in [0.2, 0.25) is 0 Å². The third-order valence-electron chi connectivity index (χ3n) is 3.09. The fourth-order valence-electron chi connectivity index (χ4n) is 2.15. The van der Waals surface area contributed by atoms with Crippen molar-refractivity contribution in [3.05, 3.63) is 34.5 Å². The molecule has 0 aliphatic carbocycles. The molecule has 0 atom stereocenters. The van der Waals surface area contributed by atoms with Crippen LogP contribution in [0.3, 0.4) is 0 Å². The Morgan fingerprint density at radius 2 is 2.05 bits per heavy atom. The molecule has 1 aromatic heterocycles. The van der Waals surface area contributed by atoms with Gasteiger partial charge in [0.05, 0.1) is 19.7 Å². The van der Waals surface area contributed by atoms with Gasteiger partial charge in [0.25, 0.3) is 0 Å². The number of pyridine rings is 1. The summed E-state index contributed by atoms with van der Waals surface area (Å²) in [5.74, 6) is 0.479. The highest BCUT2D eigenvalue weighted by atomic mass is 35.5. The Morgan fingerprint density at radius 1 is 1.30 bits per heavy atom. The first-order chi connectivity index (χ1) is 9.55. The minimum Gasteiger partial charge on any atom is -0.496 e. The van der Waals surface area contributed by atoms with E-state index in [1.165, 1.54) is 7.11 Å². The molecule has 0 fully saturated rings. The number of hydrogen-bond acceptors (Lipinski definition) is 4. The fraction of sp³-hybridized carbons (Fsp3) is 0.333. The number of aryl methyl sites for hydroxylation is 2. The number of carbonyl (C=O) groups excluding carboxylic acids is 1. The van der Waals surface area contributed by atoms with E-state index < -0.39 is 0 Å². The molecule has 0 aliphatic heterocycles. The third kappa shape index (κ3) is 3.02. The quantitative estimate of drug-likeness (QED) is 0.812. The predicted molar refractivity (Wildman–Crippen MR) is 78.4 cm³/mol. The number of rotatable bonds is 4. The lowest BCUT2D eigenvalue weighted by Crippen LogP contribution is -2.03. The van der Waals surface area contributed by atoms with Crippen molar-refractivity contribution in [1.29, 1.82) is 0 Å². The second-order valence-electron chi connectivity index (χ2n) is 4.50. The Kier molecular flexibility index (Phi) is 4.45. The molecule has 0 N–H and O–H groups in total. The minimum atomic E-state index is -0.252. The number of nitrogens with zero attached hydrogens (tertiary/aromatic N) is 1. The number of fused-ring (bicyclic) bond motifs is 1. The Morgan fingerprint density at radius 3 is 2.70 bits per heavy atom. The molecule has 0 bridgehead atoms. The highest BCUT2D eigenvalue weighted by Crippen LogP contribution is 2.31. The van der Waals surface area contributed by atoms with Crippen LogP contribution in [0.5, 0.6) is 5.75 Å². The molecule has 0 saturated heterocycles. The second kappa shape index (κ2) is 6.09. The van der Waals surface area contributed by atoms with E-state index in [9.17, 15) is 4.79 Å². The predicted octanol–water partition coefficient (Wildman–Crippen LogP) is 3.31. The molecular formula is C15H16ClNO3. The Labute approximate surface area is 122 Å². The number of esters is 1. The lowest BCUT2D eigenvalue weighted by atomic mass is 10.0. The lowest BCUT2D eigenvalue weighted by Gasteiger charge is -2.11. The van der Waals surface area contributed by atoms with E-state index in [4.69, 9.17) is 16.3 Å². The molecular weight excluding hydrogens is 278 g/mol. The average Bonchev–Trinajstić information content (AvgIpc) is 2.44. The van der Waals surface area contributed by atoms with E-state index in [0.29, 0.717) is 17.9 Å². The van der Waals surface area contributed by atoms with E-state index in [1.807, 2.05) is 25.1 Å². The summed E-state index contributed by atoms with van der Waals surface area (Å²) in [6, 6.07) is 5.52. The zero-order valence-corrected chi connectivity index (χ0v) is 12.5. The average molecular weight is 294 g/mol. The van der Waals surface area contributed by atoms with Gasteiger partial charge in [0.1, 0.15) is 5.75 Å². The number of benzene rings is 1. The van der Waals surface area contributed by atoms with Crippen molar-refractivity contribution < 1.29 is 14.3 Å². The van der Waals surface area contributed by atoms with Gasteiger partial charge in [0, 0.05) is 28.6 Å². The van der Waals surface area contributed by atoms with Crippen LogP contribution in [0.25, 0.3) is 10.9 Å². The normalized spacial score (nSPS) is 10.6. The molecule has 1 aromatic carbocycles. The van der Waals surface area contributed by atoms with Crippen LogP contribution in [0, 0.1) is 6.92 Å². The number of methoxy groups -OCH3 is 2. The summed E-state index contributed by atoms with van der Waals surface area (Å²) in [6.45, 7) is 1.90. The van der Waals surface area contributed by atoms with E-state index in [2.05, 4.69) is 9.72 Å². The van der Waals surface area contributed by atoms with Gasteiger partial charge >= 0.3 is 5.97 Å². The van der Waals surface area contributed by atoms with Crippen LogP contribution in [0.2, 0.25) is 5.02 Å². The molecule has 1 heterocycles. The summed E-state index contributed by atoms with van der Waals surface area (Å²) in [5.41, 5.74) is 2.59. The van der Waals surface area contributed by atoms with Crippen LogP contribution in [0.1, 0.15) is 17.7 Å². The maximum atomic E-state index is 11.3. The molecule has 4 nitrogen and oxygen atoms in total. The Balaban J connectivity index is 2.53. The molecule has 2 aromatic rings. The van der Waals surface area contributed by atoms with Crippen LogP contribution in [-0.4, -0.2) is 25.2 Å². The monoisotopic (exact) mass is 293 g/mol. The SMILES string of the molecule is COC(=O)CCc1cc(Cl)cc2c(OC)cc(C)nc12. The lowest BCUT2D eigenvalue weighted by molar-refractivity contribution is -0.140. The number of carbonyl (C=O) groups is 1. The first kappa shape index (κ1) is 14.6. The maximum Gasteiger partial charge on any atom is 0.305 e. The summed E-state index contributed by atoms with van der Waals surface area (Å²) < 4.78 is 10.0. The molecule has 106 valence electrons. The zero-order chi connectivity index (χ0) is 14.7. The highest BCUT2D eigenvalue weighted by Gasteiger charge is 2.12. The van der Waals surface area contributed by atoms with Crippen molar-refractivity contribution in [1.82, 2.24) is 4.98 Å². The van der Waals surface area contributed by atoms with E-state index >= 15 is 0 Å². The topological polar surface area (TPSA) is 48.4 Å². The summed E-state index contributed by atoms with van der Waals surface area (Å²) >= 11 is 6.14. The van der Waals surface area contributed by atoms with Crippen molar-refractivity contribution in [2.24, 2.45) is 0 Å². The van der Waals surface area contributed by atoms with Gasteiger partial charge in [0.15, 0.2) is 0 Å². The van der Waals surface area contributed by atoms with Crippen molar-refractivity contribution in [3.63, 3.8) is 0 Å². The number of ether oxygens (including phenoxy) is 2. The Bertz CT molecular complexity index is 655. The largest absolute Gasteiger partial charge is 0.496 e. The van der Waals surface area contributed by atoms with Gasteiger partial charge in [-0.3, -0.25) is 9.78 Å². The molecule has 0 saturated carbocycles. The molecule has 0 aliphatic rings. The number of hydrogen-bond donors (Lipinski definition) is 0. The molecule has 20 heavy (non-hydrogen) atoms. The Hall–Kier alpha value is -1.81. The van der Waals surface area contributed by atoms with Gasteiger partial charge in [-0.25, -0.2) is 0 Å². The first-order valence-corrected chi connectivity index (χ1v) is 6.63. The maximum absolute atomic E-state index is 11.3. The van der Waals surface area contributed by atoms with E-state index in [1.54, 1.807) is 7.11 Å². The van der Waals surface area contributed by atoms with Crippen molar-refractivity contribution >= 4 is 28.5 Å². The van der Waals surface area contributed by atoms with Crippen LogP contribution < -0.4 is 4.74 Å². The fourth-order valence-corrected chi connectivity index (χ4v) is 2.39. The van der Waals surface area contributed by atoms with Gasteiger partial charge < -0.3 is 9.47 Å². The molecule has 0 unspecified atom stereocenters. The number of halogens is 1. The van der Waals surface area contributed by atoms with Crippen LogP contribution in [-0.2, 0) is 16.0 Å².